The Hall–Kier alpha value is -3.49. The van der Waals surface area contributed by atoms with E-state index in [1.165, 1.54) is 32.4 Å². The number of ether oxygens (including phenoxy) is 2. The predicted octanol–water partition coefficient (Wildman–Crippen LogP) is 3.82. The van der Waals surface area contributed by atoms with E-state index < -0.39 is 23.1 Å². The molecule has 0 aliphatic carbocycles. The van der Waals surface area contributed by atoms with Crippen molar-refractivity contribution < 1.29 is 27.4 Å². The average molecular weight is 392 g/mol. The molecule has 9 heteroatoms. The predicted molar refractivity (Wildman–Crippen MR) is 97.1 cm³/mol. The number of H-pyrrole nitrogens is 1. The van der Waals surface area contributed by atoms with Gasteiger partial charge in [0.25, 0.3) is 5.91 Å². The molecule has 0 saturated heterocycles. The van der Waals surface area contributed by atoms with Crippen LogP contribution in [0.5, 0.6) is 11.5 Å². The number of anilines is 1. The summed E-state index contributed by atoms with van der Waals surface area (Å²) < 4.78 is 49.6. The fourth-order valence-corrected chi connectivity index (χ4v) is 2.77. The average Bonchev–Trinajstić information content (AvgIpc) is 2.67. The van der Waals surface area contributed by atoms with E-state index in [0.29, 0.717) is 17.2 Å². The van der Waals surface area contributed by atoms with E-state index in [2.05, 4.69) is 10.3 Å². The first kappa shape index (κ1) is 19.3. The molecule has 3 aromatic rings. The molecule has 28 heavy (non-hydrogen) atoms. The molecule has 2 aromatic carbocycles. The Morgan fingerprint density at radius 3 is 2.43 bits per heavy atom. The van der Waals surface area contributed by atoms with Gasteiger partial charge in [0.2, 0.25) is 5.43 Å². The summed E-state index contributed by atoms with van der Waals surface area (Å²) in [4.78, 5) is 27.5. The standard InChI is InChI=1S/C19H15F3N2O4/c1-27-14-7-6-10(8-15(14)28-2)24-18(26)12-9-23-16-11(17(12)25)4-3-5-13(16)19(20,21)22/h3-9H,1-2H3,(H,23,25)(H,24,26). The molecular weight excluding hydrogens is 377 g/mol. The zero-order valence-electron chi connectivity index (χ0n) is 14.8. The summed E-state index contributed by atoms with van der Waals surface area (Å²) in [5.74, 6) is 0.0408. The molecule has 0 saturated carbocycles. The van der Waals surface area contributed by atoms with Crippen molar-refractivity contribution in [2.75, 3.05) is 19.5 Å². The summed E-state index contributed by atoms with van der Waals surface area (Å²) in [7, 11) is 2.88. The van der Waals surface area contributed by atoms with Crippen molar-refractivity contribution in [2.24, 2.45) is 0 Å². The lowest BCUT2D eigenvalue weighted by molar-refractivity contribution is -0.136. The quantitative estimate of drug-likeness (QED) is 0.708. The second kappa shape index (κ2) is 7.26. The fourth-order valence-electron chi connectivity index (χ4n) is 2.77. The summed E-state index contributed by atoms with van der Waals surface area (Å²) in [5.41, 5.74) is -2.15. The summed E-state index contributed by atoms with van der Waals surface area (Å²) in [6, 6.07) is 7.81. The van der Waals surface area contributed by atoms with Gasteiger partial charge < -0.3 is 19.8 Å². The van der Waals surface area contributed by atoms with Crippen LogP contribution in [-0.4, -0.2) is 25.1 Å². The lowest BCUT2D eigenvalue weighted by atomic mass is 10.1. The molecule has 0 atom stereocenters. The number of rotatable bonds is 4. The summed E-state index contributed by atoms with van der Waals surface area (Å²) in [6.07, 6.45) is -3.66. The fraction of sp³-hybridized carbons (Fsp3) is 0.158. The smallest absolute Gasteiger partial charge is 0.418 e. The van der Waals surface area contributed by atoms with Crippen LogP contribution in [0.1, 0.15) is 15.9 Å². The molecule has 3 rings (SSSR count). The number of benzene rings is 2. The third kappa shape index (κ3) is 3.51. The second-order valence-corrected chi connectivity index (χ2v) is 5.78. The van der Waals surface area contributed by atoms with Gasteiger partial charge in [-0.2, -0.15) is 13.2 Å². The highest BCUT2D eigenvalue weighted by Gasteiger charge is 2.33. The van der Waals surface area contributed by atoms with Crippen LogP contribution in [0.3, 0.4) is 0 Å². The number of carbonyl (C=O) groups is 1. The Labute approximate surface area is 156 Å². The Morgan fingerprint density at radius 2 is 1.79 bits per heavy atom. The van der Waals surface area contributed by atoms with Gasteiger partial charge in [0.05, 0.1) is 25.3 Å². The van der Waals surface area contributed by atoms with Gasteiger partial charge in [-0.15, -0.1) is 0 Å². The number of carbonyl (C=O) groups excluding carboxylic acids is 1. The number of hydrogen-bond donors (Lipinski definition) is 2. The van der Waals surface area contributed by atoms with Crippen molar-refractivity contribution in [3.05, 3.63) is 63.9 Å². The molecule has 1 amide bonds. The third-order valence-corrected chi connectivity index (χ3v) is 4.11. The van der Waals surface area contributed by atoms with E-state index in [1.807, 2.05) is 0 Å². The molecule has 2 N–H and O–H groups in total. The van der Waals surface area contributed by atoms with E-state index in [-0.39, 0.29) is 16.5 Å². The number of fused-ring (bicyclic) bond motifs is 1. The maximum Gasteiger partial charge on any atom is 0.418 e. The van der Waals surface area contributed by atoms with Crippen LogP contribution < -0.4 is 20.2 Å². The van der Waals surface area contributed by atoms with Crippen LogP contribution in [0.25, 0.3) is 10.9 Å². The van der Waals surface area contributed by atoms with Gasteiger partial charge in [0.15, 0.2) is 11.5 Å². The first-order valence-corrected chi connectivity index (χ1v) is 8.01. The minimum absolute atomic E-state index is 0.227. The van der Waals surface area contributed by atoms with E-state index in [1.54, 1.807) is 6.07 Å². The number of methoxy groups -OCH3 is 2. The molecule has 0 aliphatic heterocycles. The normalized spacial score (nSPS) is 11.3. The molecule has 0 radical (unpaired) electrons. The Bertz CT molecular complexity index is 1110. The second-order valence-electron chi connectivity index (χ2n) is 5.78. The van der Waals surface area contributed by atoms with Crippen LogP contribution in [-0.2, 0) is 6.18 Å². The van der Waals surface area contributed by atoms with E-state index in [9.17, 15) is 22.8 Å². The SMILES string of the molecule is COc1ccc(NC(=O)c2c[nH]c3c(C(F)(F)F)cccc3c2=O)cc1OC. The maximum absolute atomic E-state index is 13.1. The topological polar surface area (TPSA) is 80.4 Å². The minimum atomic E-state index is -4.63. The van der Waals surface area contributed by atoms with Crippen LogP contribution in [0.15, 0.2) is 47.4 Å². The third-order valence-electron chi connectivity index (χ3n) is 4.11. The molecule has 146 valence electrons. The molecule has 0 fully saturated rings. The minimum Gasteiger partial charge on any atom is -0.493 e. The number of alkyl halides is 3. The first-order valence-electron chi connectivity index (χ1n) is 8.01. The van der Waals surface area contributed by atoms with Crippen molar-refractivity contribution in [3.63, 3.8) is 0 Å². The monoisotopic (exact) mass is 392 g/mol. The molecule has 0 unspecified atom stereocenters. The van der Waals surface area contributed by atoms with Crippen molar-refractivity contribution in [2.45, 2.75) is 6.18 Å². The maximum atomic E-state index is 13.1. The molecule has 1 heterocycles. The Morgan fingerprint density at radius 1 is 1.07 bits per heavy atom. The van der Waals surface area contributed by atoms with Gasteiger partial charge in [-0.05, 0) is 24.3 Å². The summed E-state index contributed by atoms with van der Waals surface area (Å²) >= 11 is 0. The number of nitrogens with one attached hydrogen (secondary N) is 2. The van der Waals surface area contributed by atoms with Gasteiger partial charge >= 0.3 is 6.18 Å². The zero-order valence-corrected chi connectivity index (χ0v) is 14.8. The molecule has 1 aromatic heterocycles. The summed E-state index contributed by atoms with van der Waals surface area (Å²) in [5, 5.41) is 2.29. The summed E-state index contributed by atoms with van der Waals surface area (Å²) in [6.45, 7) is 0. The van der Waals surface area contributed by atoms with Gasteiger partial charge in [-0.25, -0.2) is 0 Å². The van der Waals surface area contributed by atoms with E-state index in [4.69, 9.17) is 9.47 Å². The number of amides is 1. The van der Waals surface area contributed by atoms with Crippen LogP contribution >= 0.6 is 0 Å². The number of aromatic amines is 1. The largest absolute Gasteiger partial charge is 0.493 e. The Kier molecular flexibility index (Phi) is 5.00. The zero-order chi connectivity index (χ0) is 20.5. The number of pyridine rings is 1. The highest BCUT2D eigenvalue weighted by atomic mass is 19.4. The van der Waals surface area contributed by atoms with Gasteiger partial charge in [0, 0.05) is 23.3 Å². The lowest BCUT2D eigenvalue weighted by Gasteiger charge is -2.12. The van der Waals surface area contributed by atoms with Crippen molar-refractivity contribution in [1.82, 2.24) is 4.98 Å². The van der Waals surface area contributed by atoms with Gasteiger partial charge in [-0.3, -0.25) is 9.59 Å². The molecule has 0 aliphatic rings. The molecule has 6 nitrogen and oxygen atoms in total. The van der Waals surface area contributed by atoms with Crippen molar-refractivity contribution >= 4 is 22.5 Å². The first-order chi connectivity index (χ1) is 13.3. The van der Waals surface area contributed by atoms with Crippen LogP contribution in [0, 0.1) is 0 Å². The highest BCUT2D eigenvalue weighted by molar-refractivity contribution is 6.06. The highest BCUT2D eigenvalue weighted by Crippen LogP contribution is 2.33. The van der Waals surface area contributed by atoms with E-state index >= 15 is 0 Å². The van der Waals surface area contributed by atoms with E-state index in [0.717, 1.165) is 18.3 Å². The number of para-hydroxylation sites is 1. The molecular formula is C19H15F3N2O4. The molecule has 0 bridgehead atoms. The number of halogens is 3. The number of hydrogen-bond acceptors (Lipinski definition) is 4. The van der Waals surface area contributed by atoms with Crippen molar-refractivity contribution in [1.29, 1.82) is 0 Å². The van der Waals surface area contributed by atoms with Crippen molar-refractivity contribution in [3.8, 4) is 11.5 Å². The lowest BCUT2D eigenvalue weighted by Crippen LogP contribution is -2.22. The van der Waals surface area contributed by atoms with Crippen LogP contribution in [0.4, 0.5) is 18.9 Å². The number of aromatic nitrogens is 1. The van der Waals surface area contributed by atoms with Crippen LogP contribution in [0.2, 0.25) is 0 Å². The molecule has 0 spiro atoms. The Balaban J connectivity index is 1.99. The van der Waals surface area contributed by atoms with Gasteiger partial charge in [0.1, 0.15) is 5.56 Å². The van der Waals surface area contributed by atoms with Gasteiger partial charge in [-0.1, -0.05) is 6.07 Å².